The van der Waals surface area contributed by atoms with E-state index in [1.54, 1.807) is 4.52 Å². The highest BCUT2D eigenvalue weighted by atomic mass is 32.1. The van der Waals surface area contributed by atoms with E-state index < -0.39 is 0 Å². The van der Waals surface area contributed by atoms with Crippen molar-refractivity contribution in [2.45, 2.75) is 33.6 Å². The average Bonchev–Trinajstić information content (AvgIpc) is 3.00. The first-order chi connectivity index (χ1) is 9.17. The minimum atomic E-state index is 0.609. The molecule has 19 heavy (non-hydrogen) atoms. The molecule has 3 aromatic rings. The molecule has 0 radical (unpaired) electrons. The second-order valence-electron chi connectivity index (χ2n) is 4.95. The van der Waals surface area contributed by atoms with Gasteiger partial charge in [-0.05, 0) is 18.4 Å². The summed E-state index contributed by atoms with van der Waals surface area (Å²) < 4.78 is 1.80. The van der Waals surface area contributed by atoms with Crippen LogP contribution in [0.15, 0.2) is 6.07 Å². The molecule has 3 rings (SSSR count). The third-order valence-electron chi connectivity index (χ3n) is 2.85. The third kappa shape index (κ3) is 2.25. The smallest absolute Gasteiger partial charge is 0.235 e. The molecule has 0 aliphatic carbocycles. The Hall–Kier alpha value is -1.76. The van der Waals surface area contributed by atoms with Gasteiger partial charge in [0.25, 0.3) is 0 Å². The predicted molar refractivity (Wildman–Crippen MR) is 74.2 cm³/mol. The number of nitrogens with one attached hydrogen (secondary N) is 1. The van der Waals surface area contributed by atoms with Gasteiger partial charge in [0.2, 0.25) is 4.96 Å². The van der Waals surface area contributed by atoms with E-state index >= 15 is 0 Å². The van der Waals surface area contributed by atoms with Gasteiger partial charge >= 0.3 is 0 Å². The number of rotatable bonds is 4. The summed E-state index contributed by atoms with van der Waals surface area (Å²) in [7, 11) is 0. The maximum absolute atomic E-state index is 4.53. The highest BCUT2D eigenvalue weighted by Crippen LogP contribution is 2.24. The van der Waals surface area contributed by atoms with Crippen molar-refractivity contribution in [2.75, 3.05) is 0 Å². The van der Waals surface area contributed by atoms with E-state index in [1.807, 2.05) is 6.92 Å². The van der Waals surface area contributed by atoms with Crippen LogP contribution in [-0.2, 0) is 12.8 Å². The largest absolute Gasteiger partial charge is 0.282 e. The van der Waals surface area contributed by atoms with Crippen molar-refractivity contribution in [3.8, 4) is 10.7 Å². The van der Waals surface area contributed by atoms with Gasteiger partial charge < -0.3 is 0 Å². The fourth-order valence-electron chi connectivity index (χ4n) is 2.00. The van der Waals surface area contributed by atoms with Gasteiger partial charge in [0.05, 0.1) is 0 Å². The Bertz CT molecular complexity index is 692. The van der Waals surface area contributed by atoms with Crippen LogP contribution in [0.2, 0.25) is 0 Å². The Balaban J connectivity index is 1.95. The van der Waals surface area contributed by atoms with Crippen LogP contribution in [0.3, 0.4) is 0 Å². The molecule has 1 N–H and O–H groups in total. The summed E-state index contributed by atoms with van der Waals surface area (Å²) in [6.07, 6.45) is 1.82. The number of hydrogen-bond donors (Lipinski definition) is 1. The maximum atomic E-state index is 4.53. The van der Waals surface area contributed by atoms with E-state index in [4.69, 9.17) is 0 Å². The molecular weight excluding hydrogens is 260 g/mol. The summed E-state index contributed by atoms with van der Waals surface area (Å²) in [6, 6.07) is 2.07. The molecule has 3 heterocycles. The van der Waals surface area contributed by atoms with Gasteiger partial charge in [-0.2, -0.15) is 14.7 Å². The molecule has 0 aliphatic rings. The molecule has 0 saturated heterocycles. The van der Waals surface area contributed by atoms with Crippen molar-refractivity contribution in [3.63, 3.8) is 0 Å². The van der Waals surface area contributed by atoms with E-state index in [0.717, 1.165) is 40.0 Å². The molecule has 0 amide bonds. The van der Waals surface area contributed by atoms with Gasteiger partial charge in [0.15, 0.2) is 10.8 Å². The first-order valence-electron chi connectivity index (χ1n) is 6.43. The van der Waals surface area contributed by atoms with Crippen molar-refractivity contribution in [2.24, 2.45) is 5.92 Å². The van der Waals surface area contributed by atoms with Crippen LogP contribution in [0.4, 0.5) is 0 Å². The van der Waals surface area contributed by atoms with Gasteiger partial charge in [-0.3, -0.25) is 5.10 Å². The number of aryl methyl sites for hydroxylation is 1. The van der Waals surface area contributed by atoms with Crippen LogP contribution in [0.1, 0.15) is 32.3 Å². The standard InChI is InChI=1S/C12H16N6S/c1-4-10-15-16-12-18(10)17-11(19-12)9-6-8(13-14-9)5-7(2)3/h6-7H,4-5H2,1-3H3,(H,13,14). The highest BCUT2D eigenvalue weighted by Gasteiger charge is 2.14. The first kappa shape index (κ1) is 12.3. The average molecular weight is 276 g/mol. The fraction of sp³-hybridized carbons (Fsp3) is 0.500. The minimum Gasteiger partial charge on any atom is -0.282 e. The lowest BCUT2D eigenvalue weighted by Crippen LogP contribution is -1.93. The van der Waals surface area contributed by atoms with Crippen molar-refractivity contribution in [3.05, 3.63) is 17.6 Å². The lowest BCUT2D eigenvalue weighted by Gasteiger charge is -1.98. The Morgan fingerprint density at radius 2 is 2.21 bits per heavy atom. The van der Waals surface area contributed by atoms with E-state index in [-0.39, 0.29) is 0 Å². The minimum absolute atomic E-state index is 0.609. The van der Waals surface area contributed by atoms with Crippen LogP contribution >= 0.6 is 11.3 Å². The van der Waals surface area contributed by atoms with Crippen molar-refractivity contribution >= 4 is 16.3 Å². The first-order valence-corrected chi connectivity index (χ1v) is 7.24. The summed E-state index contributed by atoms with van der Waals surface area (Å²) in [6.45, 7) is 6.43. The molecule has 100 valence electrons. The molecule has 0 bridgehead atoms. The van der Waals surface area contributed by atoms with E-state index in [1.165, 1.54) is 11.3 Å². The summed E-state index contributed by atoms with van der Waals surface area (Å²) in [5.74, 6) is 1.49. The normalized spacial score (nSPS) is 11.8. The van der Waals surface area contributed by atoms with E-state index in [9.17, 15) is 0 Å². The molecule has 6 nitrogen and oxygen atoms in total. The number of hydrogen-bond acceptors (Lipinski definition) is 5. The molecule has 0 aliphatic heterocycles. The lowest BCUT2D eigenvalue weighted by atomic mass is 10.1. The predicted octanol–water partition coefficient (Wildman–Crippen LogP) is 2.34. The number of aromatic nitrogens is 6. The molecule has 0 saturated carbocycles. The second kappa shape index (κ2) is 4.73. The van der Waals surface area contributed by atoms with Gasteiger partial charge in [0, 0.05) is 12.1 Å². The van der Waals surface area contributed by atoms with Crippen LogP contribution in [0.5, 0.6) is 0 Å². The topological polar surface area (TPSA) is 71.8 Å². The van der Waals surface area contributed by atoms with Crippen LogP contribution < -0.4 is 0 Å². The van der Waals surface area contributed by atoms with Gasteiger partial charge in [-0.15, -0.1) is 10.2 Å². The Morgan fingerprint density at radius 3 is 2.95 bits per heavy atom. The number of H-pyrrole nitrogens is 1. The van der Waals surface area contributed by atoms with Gasteiger partial charge in [-0.1, -0.05) is 32.1 Å². The third-order valence-corrected chi connectivity index (χ3v) is 3.77. The SMILES string of the molecule is CCc1nnc2sc(-c3cc(CC(C)C)[nH]n3)nn12. The van der Waals surface area contributed by atoms with E-state index in [0.29, 0.717) is 5.92 Å². The molecule has 0 fully saturated rings. The number of aromatic amines is 1. The molecule has 0 unspecified atom stereocenters. The second-order valence-corrected chi connectivity index (χ2v) is 5.90. The molecular formula is C12H16N6S. The van der Waals surface area contributed by atoms with E-state index in [2.05, 4.69) is 45.4 Å². The van der Waals surface area contributed by atoms with Crippen molar-refractivity contribution in [1.82, 2.24) is 30.0 Å². The van der Waals surface area contributed by atoms with Gasteiger partial charge in [0.1, 0.15) is 5.69 Å². The quantitative estimate of drug-likeness (QED) is 0.794. The van der Waals surface area contributed by atoms with Crippen molar-refractivity contribution < 1.29 is 0 Å². The molecule has 0 aromatic carbocycles. The Kier molecular flexibility index (Phi) is 3.06. The number of fused-ring (bicyclic) bond motifs is 1. The zero-order valence-electron chi connectivity index (χ0n) is 11.2. The zero-order chi connectivity index (χ0) is 13.4. The lowest BCUT2D eigenvalue weighted by molar-refractivity contribution is 0.633. The molecule has 0 spiro atoms. The summed E-state index contributed by atoms with van der Waals surface area (Å²) in [4.78, 5) is 0.820. The highest BCUT2D eigenvalue weighted by molar-refractivity contribution is 7.19. The monoisotopic (exact) mass is 276 g/mol. The Labute approximate surface area is 114 Å². The summed E-state index contributed by atoms with van der Waals surface area (Å²) >= 11 is 1.51. The summed E-state index contributed by atoms with van der Waals surface area (Å²) in [5.41, 5.74) is 2.03. The van der Waals surface area contributed by atoms with Crippen molar-refractivity contribution in [1.29, 1.82) is 0 Å². The maximum Gasteiger partial charge on any atom is 0.235 e. The van der Waals surface area contributed by atoms with Gasteiger partial charge in [-0.25, -0.2) is 0 Å². The summed E-state index contributed by atoms with van der Waals surface area (Å²) in [5, 5.41) is 21.0. The molecule has 0 atom stereocenters. The van der Waals surface area contributed by atoms with Crippen LogP contribution in [0.25, 0.3) is 15.7 Å². The molecule has 3 aromatic heterocycles. The molecule has 7 heteroatoms. The zero-order valence-corrected chi connectivity index (χ0v) is 12.0. The number of nitrogens with zero attached hydrogens (tertiary/aromatic N) is 5. The van der Waals surface area contributed by atoms with Crippen LogP contribution in [0, 0.1) is 5.92 Å². The fourth-order valence-corrected chi connectivity index (χ4v) is 2.82. The Morgan fingerprint density at radius 1 is 1.37 bits per heavy atom. The van der Waals surface area contributed by atoms with Crippen LogP contribution in [-0.4, -0.2) is 30.0 Å².